The largest absolute Gasteiger partial charge is 0.440 e. The molecule has 0 bridgehead atoms. The van der Waals surface area contributed by atoms with E-state index in [1.807, 2.05) is 13.8 Å². The van der Waals surface area contributed by atoms with Gasteiger partial charge in [-0.25, -0.2) is 0 Å². The van der Waals surface area contributed by atoms with Gasteiger partial charge in [0.05, 0.1) is 6.61 Å². The van der Waals surface area contributed by atoms with Crippen LogP contribution in [0.15, 0.2) is 0 Å². The summed E-state index contributed by atoms with van der Waals surface area (Å²) in [6.07, 6.45) is -0.720. The summed E-state index contributed by atoms with van der Waals surface area (Å²) in [5.41, 5.74) is -0.593. The van der Waals surface area contributed by atoms with Crippen molar-refractivity contribution in [3.05, 3.63) is 0 Å². The molecule has 0 radical (unpaired) electrons. The molecule has 1 fully saturated rings. The predicted molar refractivity (Wildman–Crippen MR) is 98.4 cm³/mol. The van der Waals surface area contributed by atoms with E-state index in [0.29, 0.717) is 12.3 Å². The number of carbonyl (C=O) groups is 4. The first-order chi connectivity index (χ1) is 12.8. The molecule has 0 aromatic carbocycles. The smallest absolute Gasteiger partial charge is 0.336 e. The Bertz CT molecular complexity index is 534. The first-order valence-electron chi connectivity index (χ1n) is 8.22. The maximum Gasteiger partial charge on any atom is 0.336 e. The molecule has 0 aromatic rings. The molecule has 0 aliphatic carbocycles. The van der Waals surface area contributed by atoms with E-state index >= 15 is 0 Å². The summed E-state index contributed by atoms with van der Waals surface area (Å²) in [6.45, 7) is 5.76. The number of thioether (sulfide) groups is 1. The molecule has 0 spiro atoms. The van der Waals surface area contributed by atoms with Gasteiger partial charge in [-0.1, -0.05) is 25.6 Å². The Morgan fingerprint density at radius 1 is 1.30 bits per heavy atom. The SMILES string of the molecule is CC(=O)SCCNC(=O)CCNC(=O)C1OP(OCOC=O)OCC1(C)C. The van der Waals surface area contributed by atoms with E-state index in [0.717, 1.165) is 11.8 Å². The van der Waals surface area contributed by atoms with Crippen LogP contribution in [-0.2, 0) is 37.5 Å². The molecule has 0 saturated carbocycles. The number of amides is 2. The second-order valence-corrected chi connectivity index (χ2v) is 8.66. The third-order valence-electron chi connectivity index (χ3n) is 3.36. The van der Waals surface area contributed by atoms with Crippen LogP contribution in [0.4, 0.5) is 0 Å². The predicted octanol–water partition coefficient (Wildman–Crippen LogP) is 0.704. The normalized spacial score (nSPS) is 21.1. The van der Waals surface area contributed by atoms with Gasteiger partial charge in [0.15, 0.2) is 18.0 Å². The Hall–Kier alpha value is -1.26. The lowest BCUT2D eigenvalue weighted by Gasteiger charge is -2.39. The Balaban J connectivity index is 2.34. The van der Waals surface area contributed by atoms with Crippen molar-refractivity contribution in [2.24, 2.45) is 5.41 Å². The molecule has 1 heterocycles. The number of ether oxygens (including phenoxy) is 1. The summed E-state index contributed by atoms with van der Waals surface area (Å²) in [5.74, 6) is -0.0895. The topological polar surface area (TPSA) is 129 Å². The van der Waals surface area contributed by atoms with Crippen LogP contribution in [-0.4, -0.2) is 61.7 Å². The molecule has 2 atom stereocenters. The second kappa shape index (κ2) is 12.2. The van der Waals surface area contributed by atoms with Crippen molar-refractivity contribution >= 4 is 43.8 Å². The van der Waals surface area contributed by atoms with Gasteiger partial charge in [-0.3, -0.25) is 28.2 Å². The minimum atomic E-state index is -1.81. The first-order valence-corrected chi connectivity index (χ1v) is 10.3. The van der Waals surface area contributed by atoms with Crippen LogP contribution >= 0.6 is 20.4 Å². The van der Waals surface area contributed by atoms with E-state index in [-0.39, 0.29) is 49.8 Å². The lowest BCUT2D eigenvalue weighted by Crippen LogP contribution is -2.49. The van der Waals surface area contributed by atoms with Crippen molar-refractivity contribution in [1.29, 1.82) is 0 Å². The number of carbonyl (C=O) groups excluding carboxylic acids is 4. The Morgan fingerprint density at radius 2 is 2.04 bits per heavy atom. The van der Waals surface area contributed by atoms with E-state index in [9.17, 15) is 19.2 Å². The van der Waals surface area contributed by atoms with Gasteiger partial charge >= 0.3 is 8.60 Å². The first kappa shape index (κ1) is 23.8. The lowest BCUT2D eigenvalue weighted by atomic mass is 9.87. The highest BCUT2D eigenvalue weighted by Gasteiger charge is 2.44. The van der Waals surface area contributed by atoms with Gasteiger partial charge in [0.2, 0.25) is 11.8 Å². The van der Waals surface area contributed by atoms with Crippen LogP contribution in [0.1, 0.15) is 27.2 Å². The molecule has 12 heteroatoms. The summed E-state index contributed by atoms with van der Waals surface area (Å²) in [7, 11) is -1.81. The molecule has 0 aromatic heterocycles. The number of hydrogen-bond donors (Lipinski definition) is 2. The van der Waals surface area contributed by atoms with Crippen LogP contribution in [0.3, 0.4) is 0 Å². The van der Waals surface area contributed by atoms with Crippen LogP contribution < -0.4 is 10.6 Å². The highest BCUT2D eigenvalue weighted by molar-refractivity contribution is 8.13. The third-order valence-corrected chi connectivity index (χ3v) is 5.21. The molecular formula is C15H25N2O8PS. The van der Waals surface area contributed by atoms with E-state index < -0.39 is 20.1 Å². The van der Waals surface area contributed by atoms with Crippen molar-refractivity contribution < 1.29 is 37.5 Å². The molecule has 2 unspecified atom stereocenters. The van der Waals surface area contributed by atoms with Crippen molar-refractivity contribution in [3.8, 4) is 0 Å². The Kier molecular flexibility index (Phi) is 10.8. The zero-order valence-electron chi connectivity index (χ0n) is 15.5. The van der Waals surface area contributed by atoms with Crippen LogP contribution in [0.2, 0.25) is 0 Å². The fourth-order valence-electron chi connectivity index (χ4n) is 1.99. The van der Waals surface area contributed by atoms with Gasteiger partial charge in [-0.2, -0.15) is 0 Å². The molecule has 1 aliphatic heterocycles. The van der Waals surface area contributed by atoms with E-state index in [2.05, 4.69) is 15.4 Å². The average molecular weight is 424 g/mol. The highest BCUT2D eigenvalue weighted by atomic mass is 32.2. The maximum atomic E-state index is 12.4. The minimum Gasteiger partial charge on any atom is -0.440 e. The zero-order valence-corrected chi connectivity index (χ0v) is 17.2. The molecule has 1 saturated heterocycles. The van der Waals surface area contributed by atoms with Gasteiger partial charge in [-0.05, 0) is 0 Å². The molecule has 1 aliphatic rings. The van der Waals surface area contributed by atoms with Gasteiger partial charge in [0, 0.05) is 37.6 Å². The van der Waals surface area contributed by atoms with Crippen LogP contribution in [0.5, 0.6) is 0 Å². The molecule has 154 valence electrons. The van der Waals surface area contributed by atoms with Crippen molar-refractivity contribution in [2.45, 2.75) is 33.3 Å². The van der Waals surface area contributed by atoms with E-state index in [4.69, 9.17) is 13.6 Å². The standard InChI is InChI=1S/C15H25N2O8PS/c1-11(19)27-7-6-16-12(20)4-5-17-14(21)13-15(2,3)8-23-26(25-13)24-10-22-9-18/h9,13H,4-8,10H2,1-3H3,(H,16,20)(H,17,21). The Labute approximate surface area is 163 Å². The zero-order chi connectivity index (χ0) is 20.3. The summed E-state index contributed by atoms with van der Waals surface area (Å²) in [5, 5.41) is 5.33. The molecule has 10 nitrogen and oxygen atoms in total. The van der Waals surface area contributed by atoms with Gasteiger partial charge in [0.25, 0.3) is 6.47 Å². The van der Waals surface area contributed by atoms with Crippen molar-refractivity contribution in [2.75, 3.05) is 32.2 Å². The van der Waals surface area contributed by atoms with Crippen LogP contribution in [0, 0.1) is 5.41 Å². The van der Waals surface area contributed by atoms with Crippen LogP contribution in [0.25, 0.3) is 0 Å². The van der Waals surface area contributed by atoms with Gasteiger partial charge in [-0.15, -0.1) is 0 Å². The quantitative estimate of drug-likeness (QED) is 0.213. The average Bonchev–Trinajstić information content (AvgIpc) is 2.59. The molecule has 2 N–H and O–H groups in total. The van der Waals surface area contributed by atoms with Gasteiger partial charge in [0.1, 0.15) is 0 Å². The highest BCUT2D eigenvalue weighted by Crippen LogP contribution is 2.50. The molecule has 2 amide bonds. The molecule has 1 rings (SSSR count). The number of rotatable bonds is 11. The van der Waals surface area contributed by atoms with E-state index in [1.165, 1.54) is 6.92 Å². The lowest BCUT2D eigenvalue weighted by molar-refractivity contribution is -0.144. The summed E-state index contributed by atoms with van der Waals surface area (Å²) in [6, 6.07) is 0. The van der Waals surface area contributed by atoms with Gasteiger partial charge < -0.3 is 19.9 Å². The maximum absolute atomic E-state index is 12.4. The summed E-state index contributed by atoms with van der Waals surface area (Å²) in [4.78, 5) is 45.0. The monoisotopic (exact) mass is 424 g/mol. The summed E-state index contributed by atoms with van der Waals surface area (Å²) >= 11 is 1.14. The van der Waals surface area contributed by atoms with Crippen molar-refractivity contribution in [1.82, 2.24) is 10.6 Å². The number of nitrogens with one attached hydrogen (secondary N) is 2. The summed E-state index contributed by atoms with van der Waals surface area (Å²) < 4.78 is 20.5. The molecule has 27 heavy (non-hydrogen) atoms. The fourth-order valence-corrected chi connectivity index (χ4v) is 3.82. The van der Waals surface area contributed by atoms with Crippen molar-refractivity contribution in [3.63, 3.8) is 0 Å². The van der Waals surface area contributed by atoms with E-state index in [1.54, 1.807) is 0 Å². The molecular weight excluding hydrogens is 399 g/mol. The minimum absolute atomic E-state index is 0.00255. The Morgan fingerprint density at radius 3 is 2.70 bits per heavy atom. The fraction of sp³-hybridized carbons (Fsp3) is 0.733. The number of hydrogen-bond acceptors (Lipinski definition) is 9. The second-order valence-electron chi connectivity index (χ2n) is 6.21. The third kappa shape index (κ3) is 9.48.